The summed E-state index contributed by atoms with van der Waals surface area (Å²) in [4.78, 5) is 31.0. The number of hydrogen-bond donors (Lipinski definition) is 1. The highest BCUT2D eigenvalue weighted by Gasteiger charge is 2.49. The molecule has 0 radical (unpaired) electrons. The minimum atomic E-state index is -1.05. The maximum Gasteiger partial charge on any atom is 0.275 e. The molecule has 35 heavy (non-hydrogen) atoms. The Kier molecular flexibility index (Phi) is 6.62. The van der Waals surface area contributed by atoms with Gasteiger partial charge in [0.2, 0.25) is 5.91 Å². The highest BCUT2D eigenvalue weighted by atomic mass is 32.1. The Labute approximate surface area is 211 Å². The van der Waals surface area contributed by atoms with E-state index in [-0.39, 0.29) is 17.9 Å². The molecule has 6 nitrogen and oxygen atoms in total. The summed E-state index contributed by atoms with van der Waals surface area (Å²) in [6.45, 7) is 7.00. The smallest absolute Gasteiger partial charge is 0.275 e. The van der Waals surface area contributed by atoms with Gasteiger partial charge in [-0.3, -0.25) is 14.5 Å². The highest BCUT2D eigenvalue weighted by molar-refractivity contribution is 7.19. The number of aromatic nitrogens is 1. The van der Waals surface area contributed by atoms with Crippen molar-refractivity contribution in [1.82, 2.24) is 9.88 Å². The largest absolute Gasteiger partial charge is 0.494 e. The summed E-state index contributed by atoms with van der Waals surface area (Å²) in [5, 5.41) is 3.34. The fraction of sp³-hybridized carbons (Fsp3) is 0.500. The number of thiophene rings is 1. The van der Waals surface area contributed by atoms with Gasteiger partial charge in [-0.2, -0.15) is 0 Å². The molecular formula is C28H35N3O3S. The maximum absolute atomic E-state index is 14.0. The van der Waals surface area contributed by atoms with Gasteiger partial charge < -0.3 is 14.6 Å². The third-order valence-corrected chi connectivity index (χ3v) is 8.67. The van der Waals surface area contributed by atoms with Gasteiger partial charge in [-0.05, 0) is 69.5 Å². The van der Waals surface area contributed by atoms with E-state index in [9.17, 15) is 9.59 Å². The van der Waals surface area contributed by atoms with E-state index in [4.69, 9.17) is 4.74 Å². The third-order valence-electron chi connectivity index (χ3n) is 7.46. The van der Waals surface area contributed by atoms with Gasteiger partial charge in [0.1, 0.15) is 17.0 Å². The van der Waals surface area contributed by atoms with Crippen molar-refractivity contribution in [2.45, 2.75) is 83.8 Å². The molecule has 0 bridgehead atoms. The molecule has 2 aliphatic rings. The molecule has 1 aromatic carbocycles. The molecule has 3 aromatic rings. The fourth-order valence-electron chi connectivity index (χ4n) is 5.53. The van der Waals surface area contributed by atoms with Gasteiger partial charge >= 0.3 is 0 Å². The molecule has 1 fully saturated rings. The zero-order chi connectivity index (χ0) is 24.6. The lowest BCUT2D eigenvalue weighted by molar-refractivity contribution is -0.127. The van der Waals surface area contributed by atoms with Crippen LogP contribution in [0, 0.1) is 0 Å². The van der Waals surface area contributed by atoms with Crippen LogP contribution in [0.4, 0.5) is 5.69 Å². The molecule has 1 saturated carbocycles. The number of carbonyl (C=O) groups excluding carboxylic acids is 2. The molecular weight excluding hydrogens is 458 g/mol. The minimum Gasteiger partial charge on any atom is -0.494 e. The predicted octanol–water partition coefficient (Wildman–Crippen LogP) is 5.92. The maximum atomic E-state index is 14.0. The van der Waals surface area contributed by atoms with Crippen LogP contribution in [0.5, 0.6) is 5.75 Å². The number of nitrogens with one attached hydrogen (secondary N) is 1. The third kappa shape index (κ3) is 4.35. The molecule has 2 amide bonds. The molecule has 1 atom stereocenters. The molecule has 1 N–H and O–H groups in total. The monoisotopic (exact) mass is 493 g/mol. The number of hydrogen-bond acceptors (Lipinski definition) is 4. The SMILES string of the molecule is CCOc1ccc(N2C(=O)c3cc4sc(CC)cc4n3C[C@]2(C)C(=O)NC2CCCCCC2)cc1. The Morgan fingerprint density at radius 1 is 1.11 bits per heavy atom. The fourth-order valence-corrected chi connectivity index (χ4v) is 6.57. The zero-order valence-electron chi connectivity index (χ0n) is 20.9. The second kappa shape index (κ2) is 9.69. The van der Waals surface area contributed by atoms with Gasteiger partial charge in [-0.15, -0.1) is 11.3 Å². The molecule has 7 heteroatoms. The number of benzene rings is 1. The van der Waals surface area contributed by atoms with E-state index < -0.39 is 5.54 Å². The van der Waals surface area contributed by atoms with Crippen molar-refractivity contribution < 1.29 is 14.3 Å². The summed E-state index contributed by atoms with van der Waals surface area (Å²) < 4.78 is 8.77. The summed E-state index contributed by atoms with van der Waals surface area (Å²) in [6, 6.07) is 11.8. The van der Waals surface area contributed by atoms with Gasteiger partial charge in [0.15, 0.2) is 0 Å². The van der Waals surface area contributed by atoms with E-state index in [1.54, 1.807) is 16.2 Å². The molecule has 3 heterocycles. The molecule has 2 aromatic heterocycles. The summed E-state index contributed by atoms with van der Waals surface area (Å²) in [6.07, 6.45) is 7.69. The second-order valence-corrected chi connectivity index (χ2v) is 11.1. The first-order valence-corrected chi connectivity index (χ1v) is 13.8. The summed E-state index contributed by atoms with van der Waals surface area (Å²) in [5.74, 6) is 0.534. The number of rotatable bonds is 6. The molecule has 5 rings (SSSR count). The zero-order valence-corrected chi connectivity index (χ0v) is 21.7. The Balaban J connectivity index is 1.56. The summed E-state index contributed by atoms with van der Waals surface area (Å²) >= 11 is 1.73. The number of fused-ring (bicyclic) bond motifs is 3. The topological polar surface area (TPSA) is 63.6 Å². The molecule has 186 valence electrons. The lowest BCUT2D eigenvalue weighted by atomic mass is 9.92. The van der Waals surface area contributed by atoms with E-state index in [0.29, 0.717) is 24.5 Å². The van der Waals surface area contributed by atoms with Crippen molar-refractivity contribution in [3.8, 4) is 5.75 Å². The molecule has 0 unspecified atom stereocenters. The molecule has 1 aliphatic heterocycles. The van der Waals surface area contributed by atoms with Crippen LogP contribution in [0.3, 0.4) is 0 Å². The number of aryl methyl sites for hydroxylation is 1. The second-order valence-electron chi connectivity index (χ2n) is 9.93. The van der Waals surface area contributed by atoms with E-state index in [2.05, 4.69) is 22.9 Å². The van der Waals surface area contributed by atoms with Crippen LogP contribution in [-0.4, -0.2) is 34.6 Å². The first-order valence-electron chi connectivity index (χ1n) is 12.9. The van der Waals surface area contributed by atoms with E-state index in [1.165, 1.54) is 17.7 Å². The first kappa shape index (κ1) is 23.9. The minimum absolute atomic E-state index is 0.0786. The standard InChI is InChI=1S/C28H35N3O3S/c1-4-22-16-23-25(35-22)17-24-26(32)31(20-12-14-21(15-13-20)34-5-2)28(3,18-30(23)24)27(33)29-19-10-8-6-7-9-11-19/h12-17,19H,4-11,18H2,1-3H3,(H,29,33)/t28-/m1/s1. The van der Waals surface area contributed by atoms with Crippen LogP contribution >= 0.6 is 11.3 Å². The van der Waals surface area contributed by atoms with Crippen LogP contribution in [0.2, 0.25) is 0 Å². The van der Waals surface area contributed by atoms with Crippen molar-refractivity contribution >= 4 is 39.1 Å². The lowest BCUT2D eigenvalue weighted by Crippen LogP contribution is -2.65. The van der Waals surface area contributed by atoms with E-state index in [0.717, 1.165) is 48.1 Å². The quantitative estimate of drug-likeness (QED) is 0.434. The number of carbonyl (C=O) groups is 2. The van der Waals surface area contributed by atoms with Crippen LogP contribution in [-0.2, 0) is 17.8 Å². The van der Waals surface area contributed by atoms with Crippen LogP contribution in [0.15, 0.2) is 36.4 Å². The Bertz CT molecular complexity index is 1220. The predicted molar refractivity (Wildman–Crippen MR) is 142 cm³/mol. The highest BCUT2D eigenvalue weighted by Crippen LogP contribution is 2.39. The molecule has 0 spiro atoms. The van der Waals surface area contributed by atoms with Crippen molar-refractivity contribution in [3.63, 3.8) is 0 Å². The average Bonchev–Trinajstić information content (AvgIpc) is 3.29. The van der Waals surface area contributed by atoms with Crippen LogP contribution < -0.4 is 15.0 Å². The lowest BCUT2D eigenvalue weighted by Gasteiger charge is -2.44. The normalized spacial score (nSPS) is 21.1. The summed E-state index contributed by atoms with van der Waals surface area (Å²) in [5.41, 5.74) is 1.35. The van der Waals surface area contributed by atoms with Crippen LogP contribution in [0.25, 0.3) is 10.2 Å². The number of anilines is 1. The van der Waals surface area contributed by atoms with E-state index >= 15 is 0 Å². The van der Waals surface area contributed by atoms with Gasteiger partial charge in [0.05, 0.1) is 23.4 Å². The number of nitrogens with zero attached hydrogens (tertiary/aromatic N) is 2. The summed E-state index contributed by atoms with van der Waals surface area (Å²) in [7, 11) is 0. The van der Waals surface area contributed by atoms with Gasteiger partial charge in [-0.25, -0.2) is 0 Å². The van der Waals surface area contributed by atoms with Gasteiger partial charge in [0, 0.05) is 16.6 Å². The van der Waals surface area contributed by atoms with Crippen molar-refractivity contribution in [3.05, 3.63) is 47.0 Å². The molecule has 1 aliphatic carbocycles. The van der Waals surface area contributed by atoms with Crippen molar-refractivity contribution in [2.24, 2.45) is 0 Å². The Hall–Kier alpha value is -2.80. The Morgan fingerprint density at radius 2 is 1.83 bits per heavy atom. The Morgan fingerprint density at radius 3 is 2.49 bits per heavy atom. The average molecular weight is 494 g/mol. The number of amides is 2. The number of ether oxygens (including phenoxy) is 1. The van der Waals surface area contributed by atoms with Gasteiger partial charge in [0.25, 0.3) is 5.91 Å². The van der Waals surface area contributed by atoms with Crippen LogP contribution in [0.1, 0.15) is 74.7 Å². The van der Waals surface area contributed by atoms with Crippen molar-refractivity contribution in [1.29, 1.82) is 0 Å². The van der Waals surface area contributed by atoms with Gasteiger partial charge in [-0.1, -0.05) is 32.6 Å². The van der Waals surface area contributed by atoms with E-state index in [1.807, 2.05) is 44.2 Å². The molecule has 0 saturated heterocycles. The van der Waals surface area contributed by atoms with Crippen molar-refractivity contribution in [2.75, 3.05) is 11.5 Å². The first-order chi connectivity index (χ1) is 16.9.